The second-order valence-electron chi connectivity index (χ2n) is 5.61. The van der Waals surface area contributed by atoms with Crippen LogP contribution in [0.25, 0.3) is 21.8 Å². The van der Waals surface area contributed by atoms with Gasteiger partial charge in [-0.25, -0.2) is 4.98 Å². The topological polar surface area (TPSA) is 36.7 Å². The molecule has 3 aromatic carbocycles. The summed E-state index contributed by atoms with van der Waals surface area (Å²) in [4.78, 5) is 4.76. The molecule has 0 spiro atoms. The van der Waals surface area contributed by atoms with Crippen LogP contribution in [0.5, 0.6) is 0 Å². The van der Waals surface area contributed by atoms with E-state index in [1.54, 1.807) is 0 Å². The molecular weight excluding hydrogens is 316 g/mol. The molecule has 24 heavy (non-hydrogen) atoms. The second kappa shape index (κ2) is 6.70. The normalized spacial score (nSPS) is 10.3. The predicted molar refractivity (Wildman–Crippen MR) is 100 cm³/mol. The summed E-state index contributed by atoms with van der Waals surface area (Å²) in [6, 6.07) is 26.5. The second-order valence-corrected chi connectivity index (χ2v) is 5.61. The minimum Gasteiger partial charge on any atom is -0.248 e. The van der Waals surface area contributed by atoms with Crippen molar-refractivity contribution in [3.63, 3.8) is 0 Å². The maximum absolute atomic E-state index is 8.94. The Morgan fingerprint density at radius 1 is 0.750 bits per heavy atom. The molecule has 2 nitrogen and oxygen atoms in total. The van der Waals surface area contributed by atoms with E-state index in [2.05, 4.69) is 42.5 Å². The number of rotatable bonds is 2. The van der Waals surface area contributed by atoms with Crippen LogP contribution in [-0.4, -0.2) is 4.98 Å². The molecule has 3 heteroatoms. The number of para-hydroxylation sites is 2. The van der Waals surface area contributed by atoms with Gasteiger partial charge in [0.2, 0.25) is 0 Å². The zero-order chi connectivity index (χ0) is 15.6. The van der Waals surface area contributed by atoms with Crippen molar-refractivity contribution >= 4 is 34.2 Å². The van der Waals surface area contributed by atoms with Crippen molar-refractivity contribution in [2.75, 3.05) is 0 Å². The van der Waals surface area contributed by atoms with Gasteiger partial charge in [-0.2, -0.15) is 5.26 Å². The van der Waals surface area contributed by atoms with Crippen LogP contribution in [-0.2, 0) is 6.42 Å². The van der Waals surface area contributed by atoms with E-state index >= 15 is 0 Å². The molecule has 1 aromatic heterocycles. The molecule has 0 N–H and O–H groups in total. The van der Waals surface area contributed by atoms with Crippen LogP contribution < -0.4 is 0 Å². The van der Waals surface area contributed by atoms with Gasteiger partial charge in [-0.15, -0.1) is 12.4 Å². The fourth-order valence-corrected chi connectivity index (χ4v) is 3.02. The monoisotopic (exact) mass is 330 g/mol. The van der Waals surface area contributed by atoms with E-state index in [9.17, 15) is 0 Å². The average molecular weight is 331 g/mol. The summed E-state index contributed by atoms with van der Waals surface area (Å²) in [5, 5.41) is 11.3. The van der Waals surface area contributed by atoms with Crippen molar-refractivity contribution in [2.45, 2.75) is 6.42 Å². The van der Waals surface area contributed by atoms with Gasteiger partial charge in [0.25, 0.3) is 0 Å². The molecule has 0 aliphatic rings. The number of benzene rings is 3. The molecule has 0 saturated carbocycles. The molecule has 0 radical (unpaired) electrons. The van der Waals surface area contributed by atoms with Crippen molar-refractivity contribution < 1.29 is 0 Å². The largest absolute Gasteiger partial charge is 0.248 e. The van der Waals surface area contributed by atoms with Crippen molar-refractivity contribution in [3.8, 4) is 6.07 Å². The molecule has 4 rings (SSSR count). The third-order valence-electron chi connectivity index (χ3n) is 4.16. The molecule has 0 aliphatic carbocycles. The number of aromatic nitrogens is 1. The molecule has 0 amide bonds. The first-order valence-electron chi connectivity index (χ1n) is 7.60. The van der Waals surface area contributed by atoms with Crippen LogP contribution >= 0.6 is 12.4 Å². The van der Waals surface area contributed by atoms with Crippen molar-refractivity contribution in [1.29, 1.82) is 5.26 Å². The Morgan fingerprint density at radius 2 is 1.29 bits per heavy atom. The van der Waals surface area contributed by atoms with E-state index < -0.39 is 0 Å². The minimum atomic E-state index is 0. The van der Waals surface area contributed by atoms with Gasteiger partial charge in [-0.05, 0) is 41.8 Å². The number of hydrogen-bond donors (Lipinski definition) is 0. The summed E-state index contributed by atoms with van der Waals surface area (Å²) < 4.78 is 0. The zero-order valence-electron chi connectivity index (χ0n) is 12.9. The average Bonchev–Trinajstić information content (AvgIpc) is 2.62. The highest BCUT2D eigenvalue weighted by Crippen LogP contribution is 2.28. The van der Waals surface area contributed by atoms with Gasteiger partial charge in [-0.3, -0.25) is 0 Å². The third-order valence-corrected chi connectivity index (χ3v) is 4.16. The SMILES string of the molecule is Cl.N#Cc1ccc(Cc2c3ccccc3nc3ccccc23)cc1. The Balaban J connectivity index is 0.00000169. The molecule has 1 heterocycles. The number of pyridine rings is 1. The minimum absolute atomic E-state index is 0. The van der Waals surface area contributed by atoms with Crippen molar-refractivity contribution in [1.82, 2.24) is 4.98 Å². The summed E-state index contributed by atoms with van der Waals surface area (Å²) in [5.74, 6) is 0. The van der Waals surface area contributed by atoms with Gasteiger partial charge in [0.05, 0.1) is 22.7 Å². The lowest BCUT2D eigenvalue weighted by Gasteiger charge is -2.11. The lowest BCUT2D eigenvalue weighted by Crippen LogP contribution is -1.94. The van der Waals surface area contributed by atoms with Crippen LogP contribution in [0, 0.1) is 11.3 Å². The Hall–Kier alpha value is -2.89. The molecule has 0 saturated heterocycles. The molecule has 0 aliphatic heterocycles. The molecule has 116 valence electrons. The fourth-order valence-electron chi connectivity index (χ4n) is 3.02. The highest BCUT2D eigenvalue weighted by molar-refractivity contribution is 5.97. The first-order valence-corrected chi connectivity index (χ1v) is 7.60. The fraction of sp³-hybridized carbons (Fsp3) is 0.0476. The third kappa shape index (κ3) is 2.82. The summed E-state index contributed by atoms with van der Waals surface area (Å²) >= 11 is 0. The van der Waals surface area contributed by atoms with E-state index in [-0.39, 0.29) is 12.4 Å². The van der Waals surface area contributed by atoms with E-state index in [1.807, 2.05) is 36.4 Å². The molecule has 0 bridgehead atoms. The van der Waals surface area contributed by atoms with Gasteiger partial charge in [0.1, 0.15) is 0 Å². The van der Waals surface area contributed by atoms with E-state index in [0.29, 0.717) is 5.56 Å². The summed E-state index contributed by atoms with van der Waals surface area (Å²) in [7, 11) is 0. The summed E-state index contributed by atoms with van der Waals surface area (Å²) in [5.41, 5.74) is 5.23. The Bertz CT molecular complexity index is 993. The molecule has 0 fully saturated rings. The summed E-state index contributed by atoms with van der Waals surface area (Å²) in [6.07, 6.45) is 0.829. The van der Waals surface area contributed by atoms with Crippen molar-refractivity contribution in [3.05, 3.63) is 89.5 Å². The smallest absolute Gasteiger partial charge is 0.0991 e. The number of nitrogens with zero attached hydrogens (tertiary/aromatic N) is 2. The first kappa shape index (κ1) is 16.0. The van der Waals surface area contributed by atoms with E-state index in [1.165, 1.54) is 21.9 Å². The highest BCUT2D eigenvalue weighted by atomic mass is 35.5. The van der Waals surface area contributed by atoms with Crippen LogP contribution in [0.1, 0.15) is 16.7 Å². The maximum atomic E-state index is 8.94. The Morgan fingerprint density at radius 3 is 1.83 bits per heavy atom. The van der Waals surface area contributed by atoms with Crippen molar-refractivity contribution in [2.24, 2.45) is 0 Å². The van der Waals surface area contributed by atoms with Gasteiger partial charge in [0, 0.05) is 10.8 Å². The molecule has 4 aromatic rings. The number of halogens is 1. The lowest BCUT2D eigenvalue weighted by molar-refractivity contribution is 1.22. The molecule has 0 unspecified atom stereocenters. The van der Waals surface area contributed by atoms with Gasteiger partial charge in [0.15, 0.2) is 0 Å². The Kier molecular flexibility index (Phi) is 4.46. The maximum Gasteiger partial charge on any atom is 0.0991 e. The summed E-state index contributed by atoms with van der Waals surface area (Å²) in [6.45, 7) is 0. The zero-order valence-corrected chi connectivity index (χ0v) is 13.8. The Labute approximate surface area is 146 Å². The molecular formula is C21H15ClN2. The first-order chi connectivity index (χ1) is 11.3. The number of nitriles is 1. The quantitative estimate of drug-likeness (QED) is 0.469. The standard InChI is InChI=1S/C21H14N2.ClH/c22-14-16-11-9-15(10-12-16)13-19-17-5-1-3-7-20(17)23-21-8-4-2-6-18(19)21;/h1-12H,13H2;1H. The lowest BCUT2D eigenvalue weighted by atomic mass is 9.96. The van der Waals surface area contributed by atoms with Crippen LogP contribution in [0.3, 0.4) is 0 Å². The molecule has 0 atom stereocenters. The number of fused-ring (bicyclic) bond motifs is 2. The van der Waals surface area contributed by atoms with Crippen LogP contribution in [0.4, 0.5) is 0 Å². The predicted octanol–water partition coefficient (Wildman–Crippen LogP) is 5.27. The van der Waals surface area contributed by atoms with Crippen LogP contribution in [0.15, 0.2) is 72.8 Å². The number of hydrogen-bond acceptors (Lipinski definition) is 2. The van der Waals surface area contributed by atoms with Gasteiger partial charge in [-0.1, -0.05) is 48.5 Å². The van der Waals surface area contributed by atoms with Gasteiger partial charge < -0.3 is 0 Å². The van der Waals surface area contributed by atoms with E-state index in [0.717, 1.165) is 17.5 Å². The highest BCUT2D eigenvalue weighted by Gasteiger charge is 2.09. The van der Waals surface area contributed by atoms with Crippen LogP contribution in [0.2, 0.25) is 0 Å². The van der Waals surface area contributed by atoms with Gasteiger partial charge >= 0.3 is 0 Å². The van der Waals surface area contributed by atoms with E-state index in [4.69, 9.17) is 10.2 Å².